The van der Waals surface area contributed by atoms with Gasteiger partial charge in [-0.3, -0.25) is 0 Å². The summed E-state index contributed by atoms with van der Waals surface area (Å²) in [5.74, 6) is 0. The van der Waals surface area contributed by atoms with Crippen molar-refractivity contribution in [2.75, 3.05) is 9.80 Å². The van der Waals surface area contributed by atoms with Crippen molar-refractivity contribution in [1.82, 2.24) is 0 Å². The third kappa shape index (κ3) is 6.55. The third-order valence-electron chi connectivity index (χ3n) is 16.6. The van der Waals surface area contributed by atoms with E-state index in [4.69, 9.17) is 8.83 Å². The smallest absolute Gasteiger partial charge is 0.159 e. The van der Waals surface area contributed by atoms with Gasteiger partial charge in [-0.05, 0) is 164 Å². The second-order valence-corrected chi connectivity index (χ2v) is 23.1. The molecule has 11 aromatic carbocycles. The van der Waals surface area contributed by atoms with Gasteiger partial charge in [-0.1, -0.05) is 174 Å². The van der Waals surface area contributed by atoms with Gasteiger partial charge in [0, 0.05) is 49.7 Å². The molecule has 13 aromatic rings. The molecule has 1 aliphatic rings. The molecule has 0 bridgehead atoms. The van der Waals surface area contributed by atoms with Gasteiger partial charge < -0.3 is 18.6 Å². The van der Waals surface area contributed by atoms with Gasteiger partial charge in [-0.25, -0.2) is 0 Å². The van der Waals surface area contributed by atoms with Crippen LogP contribution in [0.1, 0.15) is 63.8 Å². The van der Waals surface area contributed by atoms with Crippen molar-refractivity contribution in [2.45, 2.75) is 60.8 Å². The minimum absolute atomic E-state index is 0.222. The maximum atomic E-state index is 6.77. The second-order valence-electron chi connectivity index (χ2n) is 23.1. The Kier molecular flexibility index (Phi) is 9.73. The molecule has 2 aromatic heterocycles. The van der Waals surface area contributed by atoms with E-state index in [1.54, 1.807) is 0 Å². The Morgan fingerprint density at radius 1 is 0.360 bits per heavy atom. The summed E-state index contributed by atoms with van der Waals surface area (Å²) in [5.41, 5.74) is 16.8. The second kappa shape index (κ2) is 16.2. The lowest BCUT2D eigenvalue weighted by Crippen LogP contribution is -2.50. The zero-order chi connectivity index (χ0) is 51.1. The minimum atomic E-state index is -0.425. The lowest BCUT2D eigenvalue weighted by molar-refractivity contribution is 0.0965. The average molecular weight is 971 g/mol. The Labute approximate surface area is 438 Å². The van der Waals surface area contributed by atoms with Crippen LogP contribution in [-0.4, -0.2) is 0 Å². The molecule has 14 rings (SSSR count). The van der Waals surface area contributed by atoms with E-state index in [9.17, 15) is 0 Å². The van der Waals surface area contributed by atoms with E-state index in [0.29, 0.717) is 0 Å². The standard InChI is InChI=1S/C71H58N2O2/c1-43-27-32-47(33-28-43)72(61-23-15-21-56-52-18-11-13-25-63(52)74-67(56)61)49-36-31-45-40-59-60(41-46(45)39-49)71(69(3,4)5,70(6,7)8)66-55-38-37-50(42-58(55)51-17-9-10-20-54(51)65(59)66)73(48-34-29-44(2)30-35-48)62-24-16-22-57-53-19-12-14-26-64(53)75-68(57)62/h9-42H,1-8H3. The van der Waals surface area contributed by atoms with Crippen LogP contribution < -0.4 is 9.80 Å². The summed E-state index contributed by atoms with van der Waals surface area (Å²) in [7, 11) is 0. The number of fused-ring (bicyclic) bond motifs is 15. The predicted molar refractivity (Wildman–Crippen MR) is 317 cm³/mol. The molecule has 4 nitrogen and oxygen atoms in total. The van der Waals surface area contributed by atoms with Crippen LogP contribution in [0.5, 0.6) is 0 Å². The molecule has 4 heteroatoms. The maximum Gasteiger partial charge on any atom is 0.159 e. The van der Waals surface area contributed by atoms with Crippen LogP contribution in [0, 0.1) is 24.7 Å². The van der Waals surface area contributed by atoms with Crippen molar-refractivity contribution < 1.29 is 8.83 Å². The van der Waals surface area contributed by atoms with Crippen LogP contribution in [0.3, 0.4) is 0 Å². The molecule has 0 amide bonds. The summed E-state index contributed by atoms with van der Waals surface area (Å²) in [6, 6.07) is 76.0. The van der Waals surface area contributed by atoms with Gasteiger partial charge in [0.25, 0.3) is 0 Å². The fourth-order valence-electron chi connectivity index (χ4n) is 13.8. The van der Waals surface area contributed by atoms with Crippen LogP contribution in [0.2, 0.25) is 0 Å². The number of hydrogen-bond acceptors (Lipinski definition) is 4. The van der Waals surface area contributed by atoms with Crippen LogP contribution >= 0.6 is 0 Å². The summed E-state index contributed by atoms with van der Waals surface area (Å²) in [6.07, 6.45) is 0. The number of hydrogen-bond donors (Lipinski definition) is 0. The molecule has 0 aliphatic heterocycles. The van der Waals surface area contributed by atoms with Gasteiger partial charge in [0.1, 0.15) is 11.2 Å². The van der Waals surface area contributed by atoms with E-state index >= 15 is 0 Å². The van der Waals surface area contributed by atoms with Crippen LogP contribution in [0.4, 0.5) is 34.1 Å². The fourth-order valence-corrected chi connectivity index (χ4v) is 13.8. The molecule has 0 atom stereocenters. The normalized spacial score (nSPS) is 13.4. The molecule has 0 N–H and O–H groups in total. The van der Waals surface area contributed by atoms with Crippen LogP contribution in [0.15, 0.2) is 215 Å². The number of benzene rings is 11. The van der Waals surface area contributed by atoms with Gasteiger partial charge in [0.15, 0.2) is 11.2 Å². The molecule has 0 fully saturated rings. The Bertz CT molecular complexity index is 4450. The molecule has 0 saturated carbocycles. The number of nitrogens with zero attached hydrogens (tertiary/aromatic N) is 2. The number of rotatable bonds is 6. The Balaban J connectivity index is 1.01. The van der Waals surface area contributed by atoms with Gasteiger partial charge in [0.05, 0.1) is 11.4 Å². The molecule has 364 valence electrons. The number of anilines is 6. The first-order chi connectivity index (χ1) is 36.3. The Hall–Kier alpha value is -8.60. The van der Waals surface area contributed by atoms with E-state index < -0.39 is 5.41 Å². The molecule has 0 saturated heterocycles. The van der Waals surface area contributed by atoms with Crippen molar-refractivity contribution in [3.05, 3.63) is 229 Å². The third-order valence-corrected chi connectivity index (χ3v) is 16.6. The molecule has 0 radical (unpaired) electrons. The number of aryl methyl sites for hydroxylation is 2. The van der Waals surface area contributed by atoms with E-state index in [1.165, 1.54) is 65.7 Å². The topological polar surface area (TPSA) is 32.8 Å². The van der Waals surface area contributed by atoms with E-state index in [-0.39, 0.29) is 10.8 Å². The first-order valence-electron chi connectivity index (χ1n) is 26.4. The highest BCUT2D eigenvalue weighted by Crippen LogP contribution is 2.68. The molecule has 1 aliphatic carbocycles. The van der Waals surface area contributed by atoms with Crippen molar-refractivity contribution in [3.63, 3.8) is 0 Å². The van der Waals surface area contributed by atoms with Crippen molar-refractivity contribution in [3.8, 4) is 11.1 Å². The highest BCUT2D eigenvalue weighted by atomic mass is 16.3. The number of furan rings is 2. The highest BCUT2D eigenvalue weighted by molar-refractivity contribution is 6.20. The highest BCUT2D eigenvalue weighted by Gasteiger charge is 2.59. The van der Waals surface area contributed by atoms with Crippen molar-refractivity contribution in [1.29, 1.82) is 0 Å². The largest absolute Gasteiger partial charge is 0.454 e. The van der Waals surface area contributed by atoms with E-state index in [0.717, 1.165) is 78.0 Å². The van der Waals surface area contributed by atoms with Crippen LogP contribution in [0.25, 0.3) is 87.3 Å². The van der Waals surface area contributed by atoms with Crippen molar-refractivity contribution >= 4 is 110 Å². The predicted octanol–water partition coefficient (Wildman–Crippen LogP) is 20.9. The maximum absolute atomic E-state index is 6.77. The summed E-state index contributed by atoms with van der Waals surface area (Å²) in [6.45, 7) is 19.1. The fraction of sp³-hybridized carbons (Fsp3) is 0.155. The molecule has 75 heavy (non-hydrogen) atoms. The van der Waals surface area contributed by atoms with Crippen molar-refractivity contribution in [2.24, 2.45) is 10.8 Å². The molecular formula is C71H58N2O2. The monoisotopic (exact) mass is 970 g/mol. The first kappa shape index (κ1) is 45.0. The van der Waals surface area contributed by atoms with Gasteiger partial charge in [0.2, 0.25) is 0 Å². The Morgan fingerprint density at radius 3 is 1.37 bits per heavy atom. The molecule has 0 unspecified atom stereocenters. The lowest BCUT2D eigenvalue weighted by Gasteiger charge is -2.53. The zero-order valence-corrected chi connectivity index (χ0v) is 43.8. The zero-order valence-electron chi connectivity index (χ0n) is 43.8. The van der Waals surface area contributed by atoms with Gasteiger partial charge in [-0.2, -0.15) is 0 Å². The number of para-hydroxylation sites is 4. The summed E-state index contributed by atoms with van der Waals surface area (Å²) in [5, 5.41) is 11.9. The SMILES string of the molecule is Cc1ccc(N(c2ccc3cc4c(cc3c2)C(C(C)(C)C)(C(C)(C)C)c2c-4c3ccccc3c3cc(N(c4ccc(C)cc4)c4cccc5c4oc4ccccc45)ccc23)c2cccc3c2oc2ccccc23)cc1. The van der Waals surface area contributed by atoms with E-state index in [2.05, 4.69) is 259 Å². The molecule has 0 spiro atoms. The first-order valence-corrected chi connectivity index (χ1v) is 26.4. The summed E-state index contributed by atoms with van der Waals surface area (Å²) < 4.78 is 13.5. The minimum Gasteiger partial charge on any atom is -0.454 e. The van der Waals surface area contributed by atoms with Gasteiger partial charge in [-0.15, -0.1) is 0 Å². The summed E-state index contributed by atoms with van der Waals surface area (Å²) >= 11 is 0. The Morgan fingerprint density at radius 2 is 0.827 bits per heavy atom. The van der Waals surface area contributed by atoms with Crippen LogP contribution in [-0.2, 0) is 5.41 Å². The van der Waals surface area contributed by atoms with Gasteiger partial charge >= 0.3 is 0 Å². The average Bonchev–Trinajstić information content (AvgIpc) is 4.32. The summed E-state index contributed by atoms with van der Waals surface area (Å²) in [4.78, 5) is 4.76. The van der Waals surface area contributed by atoms with E-state index in [1.807, 2.05) is 12.1 Å². The quantitative estimate of drug-likeness (QED) is 0.155. The molecular weight excluding hydrogens is 913 g/mol. The molecule has 2 heterocycles. The lowest BCUT2D eigenvalue weighted by atomic mass is 9.49.